The molecule has 0 aromatic carbocycles. The van der Waals surface area contributed by atoms with Crippen LogP contribution in [0.5, 0.6) is 0 Å². The number of carboxylic acid groups (broad SMARTS) is 2. The Balaban J connectivity index is -0.000000197. The molecule has 6 N–H and O–H groups in total. The minimum Gasteiger partial charge on any atom is -0.478 e. The molecule has 0 aromatic rings. The number of nitrogens with two attached hydrogens (primary N) is 2. The van der Waals surface area contributed by atoms with E-state index in [-0.39, 0.29) is 0 Å². The summed E-state index contributed by atoms with van der Waals surface area (Å²) in [6, 6.07) is 0. The van der Waals surface area contributed by atoms with Crippen LogP contribution in [0.1, 0.15) is 0 Å². The molecule has 2 amide bonds. The number of carboxylic acids is 2. The maximum absolute atomic E-state index is 9.55. The number of hydrogen-bond acceptors (Lipinski definition) is 4. The van der Waals surface area contributed by atoms with Gasteiger partial charge in [-0.15, -0.1) is 0 Å². The lowest BCUT2D eigenvalue weighted by Gasteiger charge is -1.74. The first-order valence-electron chi connectivity index (χ1n) is 4.15. The second-order valence-corrected chi connectivity index (χ2v) is 2.22. The van der Waals surface area contributed by atoms with Gasteiger partial charge in [-0.3, -0.25) is 9.59 Å². The van der Waals surface area contributed by atoms with E-state index in [0.29, 0.717) is 12.2 Å². The zero-order chi connectivity index (χ0) is 15.1. The van der Waals surface area contributed by atoms with Crippen molar-refractivity contribution in [3.63, 3.8) is 0 Å². The third-order valence-electron chi connectivity index (χ3n) is 0.771. The fourth-order valence-electron chi connectivity index (χ4n) is 0.143. The third kappa shape index (κ3) is 51.5. The van der Waals surface area contributed by atoms with Crippen LogP contribution in [-0.4, -0.2) is 34.0 Å². The Morgan fingerprint density at radius 1 is 0.778 bits per heavy atom. The van der Waals surface area contributed by atoms with Crippen LogP contribution in [0.4, 0.5) is 0 Å². The summed E-state index contributed by atoms with van der Waals surface area (Å²) in [5.74, 6) is -3.48. The van der Waals surface area contributed by atoms with E-state index in [9.17, 15) is 19.2 Å². The SMILES string of the molecule is C=CC(N)=O.C=CC(N)=O.O=C(O)/C=C\C(=O)O. The highest BCUT2D eigenvalue weighted by atomic mass is 16.4. The quantitative estimate of drug-likeness (QED) is 0.474. The van der Waals surface area contributed by atoms with Crippen LogP contribution in [0.25, 0.3) is 0 Å². The van der Waals surface area contributed by atoms with Gasteiger partial charge in [0.1, 0.15) is 0 Å². The van der Waals surface area contributed by atoms with Crippen molar-refractivity contribution in [2.75, 3.05) is 0 Å². The zero-order valence-corrected chi connectivity index (χ0v) is 9.41. The molecule has 0 aliphatic heterocycles. The molecule has 0 rings (SSSR count). The fourth-order valence-corrected chi connectivity index (χ4v) is 0.143. The number of hydrogen-bond donors (Lipinski definition) is 4. The molecular weight excluding hydrogens is 244 g/mol. The average molecular weight is 258 g/mol. The summed E-state index contributed by atoms with van der Waals surface area (Å²) in [6.07, 6.45) is 3.23. The summed E-state index contributed by atoms with van der Waals surface area (Å²) in [5, 5.41) is 15.6. The summed E-state index contributed by atoms with van der Waals surface area (Å²) in [7, 11) is 0. The Bertz CT molecular complexity index is 325. The third-order valence-corrected chi connectivity index (χ3v) is 0.771. The van der Waals surface area contributed by atoms with E-state index in [0.717, 1.165) is 12.2 Å². The maximum Gasteiger partial charge on any atom is 0.328 e. The number of amides is 2. The van der Waals surface area contributed by atoms with E-state index in [1.54, 1.807) is 0 Å². The van der Waals surface area contributed by atoms with Crippen LogP contribution in [0.15, 0.2) is 37.5 Å². The Morgan fingerprint density at radius 2 is 0.944 bits per heavy atom. The summed E-state index contributed by atoms with van der Waals surface area (Å²) in [6.45, 7) is 6.17. The Hall–Kier alpha value is -2.90. The molecule has 18 heavy (non-hydrogen) atoms. The molecule has 0 aliphatic rings. The molecule has 0 heterocycles. The highest BCUT2D eigenvalue weighted by Gasteiger charge is 1.88. The largest absolute Gasteiger partial charge is 0.478 e. The predicted octanol–water partition coefficient (Wildman–Crippen LogP) is -0.973. The minimum atomic E-state index is -1.26. The van der Waals surface area contributed by atoms with Gasteiger partial charge in [0.05, 0.1) is 0 Å². The van der Waals surface area contributed by atoms with Crippen molar-refractivity contribution >= 4 is 23.8 Å². The van der Waals surface area contributed by atoms with Gasteiger partial charge in [0, 0.05) is 12.2 Å². The van der Waals surface area contributed by atoms with Crippen molar-refractivity contribution in [2.45, 2.75) is 0 Å². The molecule has 8 heteroatoms. The fraction of sp³-hybridized carbons (Fsp3) is 0. The van der Waals surface area contributed by atoms with Crippen LogP contribution in [-0.2, 0) is 19.2 Å². The van der Waals surface area contributed by atoms with Crippen molar-refractivity contribution in [3.05, 3.63) is 37.5 Å². The van der Waals surface area contributed by atoms with E-state index in [4.69, 9.17) is 10.2 Å². The first kappa shape index (κ1) is 20.5. The van der Waals surface area contributed by atoms with Gasteiger partial charge in [-0.05, 0) is 12.2 Å². The molecule has 0 aromatic heterocycles. The monoisotopic (exact) mass is 258 g/mol. The predicted molar refractivity (Wildman–Crippen MR) is 63.2 cm³/mol. The topological polar surface area (TPSA) is 161 Å². The van der Waals surface area contributed by atoms with Crippen molar-refractivity contribution < 1.29 is 29.4 Å². The lowest BCUT2D eigenvalue weighted by molar-refractivity contribution is -0.134. The minimum absolute atomic E-state index is 0.481. The average Bonchev–Trinajstić information content (AvgIpc) is 2.27. The van der Waals surface area contributed by atoms with Crippen LogP contribution < -0.4 is 11.5 Å². The Kier molecular flexibility index (Phi) is 16.1. The van der Waals surface area contributed by atoms with Gasteiger partial charge in [-0.1, -0.05) is 13.2 Å². The number of rotatable bonds is 4. The number of primary amides is 2. The number of carbonyl (C=O) groups is 4. The van der Waals surface area contributed by atoms with Gasteiger partial charge in [0.25, 0.3) is 0 Å². The second kappa shape index (κ2) is 14.1. The summed E-state index contributed by atoms with van der Waals surface area (Å²) >= 11 is 0. The van der Waals surface area contributed by atoms with Crippen molar-refractivity contribution in [1.29, 1.82) is 0 Å². The lowest BCUT2D eigenvalue weighted by Crippen LogP contribution is -2.04. The Morgan fingerprint density at radius 3 is 1.00 bits per heavy atom. The van der Waals surface area contributed by atoms with Crippen LogP contribution in [0.3, 0.4) is 0 Å². The molecule has 0 atom stereocenters. The molecule has 8 nitrogen and oxygen atoms in total. The lowest BCUT2D eigenvalue weighted by atomic mass is 10.5. The molecule has 0 saturated heterocycles. The summed E-state index contributed by atoms with van der Waals surface area (Å²) < 4.78 is 0. The Labute approximate surface area is 103 Å². The zero-order valence-electron chi connectivity index (χ0n) is 9.41. The standard InChI is InChI=1S/C4H4O4.2C3H5NO/c5-3(6)1-2-4(7)8;2*1-2-3(4)5/h1-2H,(H,5,6)(H,7,8);2*2H,1H2,(H2,4,5)/b2-1-;;. The normalized spacial score (nSPS) is 7.78. The van der Waals surface area contributed by atoms with Gasteiger partial charge >= 0.3 is 11.9 Å². The van der Waals surface area contributed by atoms with Gasteiger partial charge in [-0.2, -0.15) is 0 Å². The summed E-state index contributed by atoms with van der Waals surface area (Å²) in [4.78, 5) is 38.1. The molecule has 0 bridgehead atoms. The van der Waals surface area contributed by atoms with E-state index >= 15 is 0 Å². The van der Waals surface area contributed by atoms with E-state index in [2.05, 4.69) is 24.6 Å². The van der Waals surface area contributed by atoms with Crippen molar-refractivity contribution in [3.8, 4) is 0 Å². The molecule has 0 aliphatic carbocycles. The molecule has 100 valence electrons. The molecular formula is C10H14N2O6. The van der Waals surface area contributed by atoms with Gasteiger partial charge in [0.15, 0.2) is 0 Å². The maximum atomic E-state index is 9.55. The smallest absolute Gasteiger partial charge is 0.328 e. The number of carbonyl (C=O) groups excluding carboxylic acids is 2. The van der Waals surface area contributed by atoms with E-state index < -0.39 is 23.8 Å². The van der Waals surface area contributed by atoms with Crippen LogP contribution in [0, 0.1) is 0 Å². The molecule has 0 fully saturated rings. The first-order chi connectivity index (χ1) is 8.17. The summed E-state index contributed by atoms with van der Waals surface area (Å²) in [5.41, 5.74) is 9.07. The molecule has 0 unspecified atom stereocenters. The van der Waals surface area contributed by atoms with E-state index in [1.807, 2.05) is 0 Å². The van der Waals surface area contributed by atoms with Crippen LogP contribution in [0.2, 0.25) is 0 Å². The number of aliphatic carboxylic acids is 2. The van der Waals surface area contributed by atoms with Crippen molar-refractivity contribution in [1.82, 2.24) is 0 Å². The molecule has 0 radical (unpaired) electrons. The van der Waals surface area contributed by atoms with Crippen molar-refractivity contribution in [2.24, 2.45) is 11.5 Å². The first-order valence-corrected chi connectivity index (χ1v) is 4.15. The van der Waals surface area contributed by atoms with E-state index in [1.165, 1.54) is 0 Å². The highest BCUT2D eigenvalue weighted by molar-refractivity contribution is 5.89. The molecule has 0 saturated carbocycles. The van der Waals surface area contributed by atoms with Crippen LogP contribution >= 0.6 is 0 Å². The highest BCUT2D eigenvalue weighted by Crippen LogP contribution is 1.70. The van der Waals surface area contributed by atoms with Gasteiger partial charge in [0.2, 0.25) is 11.8 Å². The van der Waals surface area contributed by atoms with Gasteiger partial charge < -0.3 is 21.7 Å². The molecule has 0 spiro atoms. The second-order valence-electron chi connectivity index (χ2n) is 2.22. The van der Waals surface area contributed by atoms with Gasteiger partial charge in [-0.25, -0.2) is 9.59 Å².